The summed E-state index contributed by atoms with van der Waals surface area (Å²) < 4.78 is 0. The van der Waals surface area contributed by atoms with Crippen molar-refractivity contribution in [2.45, 2.75) is 13.1 Å². The average Bonchev–Trinajstić information content (AvgIpc) is 2.68. The molecule has 0 fully saturated rings. The SMILES string of the molecule is CN=C(NCc1ccccn1)NCc1cc(N(C)C)nc2ccccc12. The molecule has 2 heterocycles. The van der Waals surface area contributed by atoms with Crippen molar-refractivity contribution in [2.24, 2.45) is 4.99 Å². The highest BCUT2D eigenvalue weighted by atomic mass is 15.2. The van der Waals surface area contributed by atoms with E-state index < -0.39 is 0 Å². The van der Waals surface area contributed by atoms with Crippen molar-refractivity contribution in [3.8, 4) is 0 Å². The Labute approximate surface area is 154 Å². The van der Waals surface area contributed by atoms with E-state index in [1.54, 1.807) is 13.2 Å². The van der Waals surface area contributed by atoms with Crippen LogP contribution >= 0.6 is 0 Å². The summed E-state index contributed by atoms with van der Waals surface area (Å²) in [5, 5.41) is 7.82. The van der Waals surface area contributed by atoms with E-state index in [2.05, 4.69) is 32.7 Å². The molecule has 134 valence electrons. The zero-order chi connectivity index (χ0) is 18.4. The molecule has 0 aliphatic heterocycles. The number of pyridine rings is 2. The van der Waals surface area contributed by atoms with Crippen LogP contribution in [0, 0.1) is 0 Å². The van der Waals surface area contributed by atoms with Crippen molar-refractivity contribution in [3.63, 3.8) is 0 Å². The van der Waals surface area contributed by atoms with Gasteiger partial charge in [0, 0.05) is 39.3 Å². The fraction of sp³-hybridized carbons (Fsp3) is 0.250. The molecular formula is C20H24N6. The van der Waals surface area contributed by atoms with Crippen LogP contribution in [0.25, 0.3) is 10.9 Å². The maximum Gasteiger partial charge on any atom is 0.191 e. The molecule has 0 saturated heterocycles. The lowest BCUT2D eigenvalue weighted by molar-refractivity contribution is 0.796. The number of aliphatic imine (C=N–C) groups is 1. The summed E-state index contributed by atoms with van der Waals surface area (Å²) in [6.45, 7) is 1.28. The van der Waals surface area contributed by atoms with Gasteiger partial charge in [-0.3, -0.25) is 9.98 Å². The molecule has 0 spiro atoms. The molecule has 3 rings (SSSR count). The number of benzene rings is 1. The molecule has 2 aromatic heterocycles. The van der Waals surface area contributed by atoms with Gasteiger partial charge in [-0.25, -0.2) is 4.98 Å². The second kappa shape index (κ2) is 8.29. The lowest BCUT2D eigenvalue weighted by Crippen LogP contribution is -2.36. The summed E-state index contributed by atoms with van der Waals surface area (Å²) in [6.07, 6.45) is 1.79. The van der Waals surface area contributed by atoms with Crippen LogP contribution in [0.3, 0.4) is 0 Å². The second-order valence-corrected chi connectivity index (χ2v) is 6.15. The van der Waals surface area contributed by atoms with Gasteiger partial charge in [0.1, 0.15) is 5.82 Å². The van der Waals surface area contributed by atoms with Gasteiger partial charge in [-0.2, -0.15) is 0 Å². The number of fused-ring (bicyclic) bond motifs is 1. The molecule has 3 aromatic rings. The number of rotatable bonds is 5. The number of aromatic nitrogens is 2. The molecule has 0 bridgehead atoms. The van der Waals surface area contributed by atoms with E-state index in [1.807, 2.05) is 55.4 Å². The normalized spacial score (nSPS) is 11.4. The highest BCUT2D eigenvalue weighted by molar-refractivity contribution is 5.85. The first-order valence-corrected chi connectivity index (χ1v) is 8.58. The van der Waals surface area contributed by atoms with Gasteiger partial charge in [0.05, 0.1) is 17.8 Å². The van der Waals surface area contributed by atoms with E-state index in [9.17, 15) is 0 Å². The maximum atomic E-state index is 4.70. The first kappa shape index (κ1) is 17.7. The molecular weight excluding hydrogens is 324 g/mol. The first-order chi connectivity index (χ1) is 12.7. The summed E-state index contributed by atoms with van der Waals surface area (Å²) >= 11 is 0. The number of nitrogens with one attached hydrogen (secondary N) is 2. The minimum atomic E-state index is 0.626. The van der Waals surface area contributed by atoms with Crippen LogP contribution in [0.2, 0.25) is 0 Å². The van der Waals surface area contributed by atoms with E-state index >= 15 is 0 Å². The zero-order valence-electron chi connectivity index (χ0n) is 15.4. The Morgan fingerprint density at radius 2 is 1.81 bits per heavy atom. The molecule has 6 heteroatoms. The number of guanidine groups is 1. The third-order valence-electron chi connectivity index (χ3n) is 4.08. The predicted octanol–water partition coefficient (Wildman–Crippen LogP) is 2.56. The molecule has 26 heavy (non-hydrogen) atoms. The van der Waals surface area contributed by atoms with E-state index in [4.69, 9.17) is 4.98 Å². The smallest absolute Gasteiger partial charge is 0.191 e. The van der Waals surface area contributed by atoms with E-state index in [0.717, 1.165) is 28.4 Å². The van der Waals surface area contributed by atoms with Crippen molar-refractivity contribution in [2.75, 3.05) is 26.0 Å². The number of hydrogen-bond donors (Lipinski definition) is 2. The highest BCUT2D eigenvalue weighted by Crippen LogP contribution is 2.21. The van der Waals surface area contributed by atoms with Crippen LogP contribution in [0.4, 0.5) is 5.82 Å². The van der Waals surface area contributed by atoms with Crippen LogP contribution in [0.1, 0.15) is 11.3 Å². The van der Waals surface area contributed by atoms with Crippen LogP contribution in [0.5, 0.6) is 0 Å². The molecule has 0 unspecified atom stereocenters. The lowest BCUT2D eigenvalue weighted by Gasteiger charge is -2.17. The molecule has 0 amide bonds. The molecule has 0 aliphatic rings. The molecule has 0 aliphatic carbocycles. The van der Waals surface area contributed by atoms with Gasteiger partial charge in [0.15, 0.2) is 5.96 Å². The fourth-order valence-corrected chi connectivity index (χ4v) is 2.68. The summed E-state index contributed by atoms with van der Waals surface area (Å²) in [4.78, 5) is 15.3. The van der Waals surface area contributed by atoms with E-state index in [1.165, 1.54) is 5.56 Å². The Morgan fingerprint density at radius 3 is 2.54 bits per heavy atom. The fourth-order valence-electron chi connectivity index (χ4n) is 2.68. The summed E-state index contributed by atoms with van der Waals surface area (Å²) in [5.41, 5.74) is 3.15. The molecule has 0 atom stereocenters. The predicted molar refractivity (Wildman–Crippen MR) is 107 cm³/mol. The number of hydrogen-bond acceptors (Lipinski definition) is 4. The van der Waals surface area contributed by atoms with Gasteiger partial charge in [-0.15, -0.1) is 0 Å². The van der Waals surface area contributed by atoms with Crippen molar-refractivity contribution in [1.29, 1.82) is 0 Å². The molecule has 6 nitrogen and oxygen atoms in total. The standard InChI is InChI=1S/C20H24N6/c1-21-20(24-14-16-8-6-7-11-22-16)23-13-15-12-19(26(2)3)25-18-10-5-4-9-17(15)18/h4-12H,13-14H2,1-3H3,(H2,21,23,24). The van der Waals surface area contributed by atoms with E-state index in [-0.39, 0.29) is 0 Å². The topological polar surface area (TPSA) is 65.4 Å². The van der Waals surface area contributed by atoms with Crippen LogP contribution in [-0.2, 0) is 13.1 Å². The third-order valence-corrected chi connectivity index (χ3v) is 4.08. The van der Waals surface area contributed by atoms with Gasteiger partial charge in [-0.05, 0) is 29.8 Å². The minimum Gasteiger partial charge on any atom is -0.363 e. The van der Waals surface area contributed by atoms with Crippen LogP contribution < -0.4 is 15.5 Å². The van der Waals surface area contributed by atoms with Crippen LogP contribution in [0.15, 0.2) is 59.7 Å². The Morgan fingerprint density at radius 1 is 1.04 bits per heavy atom. The van der Waals surface area contributed by atoms with E-state index in [0.29, 0.717) is 13.1 Å². The Kier molecular flexibility index (Phi) is 5.63. The van der Waals surface area contributed by atoms with Crippen molar-refractivity contribution in [1.82, 2.24) is 20.6 Å². The largest absolute Gasteiger partial charge is 0.363 e. The van der Waals surface area contributed by atoms with Gasteiger partial charge < -0.3 is 15.5 Å². The number of nitrogens with zero attached hydrogens (tertiary/aromatic N) is 4. The molecule has 1 aromatic carbocycles. The summed E-state index contributed by atoms with van der Waals surface area (Å²) in [6, 6.07) is 16.2. The van der Waals surface area contributed by atoms with Gasteiger partial charge in [0.2, 0.25) is 0 Å². The molecule has 0 saturated carbocycles. The summed E-state index contributed by atoms with van der Waals surface area (Å²) in [5.74, 6) is 1.68. The van der Waals surface area contributed by atoms with Gasteiger partial charge in [0.25, 0.3) is 0 Å². The third kappa shape index (κ3) is 4.27. The lowest BCUT2D eigenvalue weighted by atomic mass is 10.1. The highest BCUT2D eigenvalue weighted by Gasteiger charge is 2.08. The Bertz CT molecular complexity index is 889. The van der Waals surface area contributed by atoms with Gasteiger partial charge >= 0.3 is 0 Å². The second-order valence-electron chi connectivity index (χ2n) is 6.15. The Balaban J connectivity index is 1.73. The molecule has 2 N–H and O–H groups in total. The molecule has 0 radical (unpaired) electrons. The van der Waals surface area contributed by atoms with Gasteiger partial charge in [-0.1, -0.05) is 24.3 Å². The maximum absolute atomic E-state index is 4.70. The zero-order valence-corrected chi connectivity index (χ0v) is 15.4. The quantitative estimate of drug-likeness (QED) is 0.548. The monoisotopic (exact) mass is 348 g/mol. The van der Waals surface area contributed by atoms with Crippen molar-refractivity contribution >= 4 is 22.7 Å². The summed E-state index contributed by atoms with van der Waals surface area (Å²) in [7, 11) is 5.77. The number of anilines is 1. The van der Waals surface area contributed by atoms with Crippen molar-refractivity contribution < 1.29 is 0 Å². The van der Waals surface area contributed by atoms with Crippen molar-refractivity contribution in [3.05, 3.63) is 66.0 Å². The Hall–Kier alpha value is -3.15. The average molecular weight is 348 g/mol. The number of para-hydroxylation sites is 1. The first-order valence-electron chi connectivity index (χ1n) is 8.58. The van der Waals surface area contributed by atoms with Crippen LogP contribution in [-0.4, -0.2) is 37.1 Å². The minimum absolute atomic E-state index is 0.626.